The van der Waals surface area contributed by atoms with Crippen LogP contribution in [0.25, 0.3) is 6.08 Å². The second kappa shape index (κ2) is 12.2. The van der Waals surface area contributed by atoms with Crippen LogP contribution in [0.2, 0.25) is 0 Å². The summed E-state index contributed by atoms with van der Waals surface area (Å²) in [7, 11) is 1.61. The third-order valence-electron chi connectivity index (χ3n) is 5.13. The van der Waals surface area contributed by atoms with Crippen LogP contribution in [0.5, 0.6) is 5.75 Å². The van der Waals surface area contributed by atoms with Gasteiger partial charge in [0.15, 0.2) is 0 Å². The number of hydrogen-bond acceptors (Lipinski definition) is 7. The zero-order valence-electron chi connectivity index (χ0n) is 17.8. The summed E-state index contributed by atoms with van der Waals surface area (Å²) in [6.45, 7) is 5.59. The molecule has 0 radical (unpaired) electrons. The predicted molar refractivity (Wildman–Crippen MR) is 127 cm³/mol. The number of rotatable bonds is 10. The largest absolute Gasteiger partial charge is 0.497 e. The Balaban J connectivity index is 1.37. The minimum absolute atomic E-state index is 0.0133. The number of amides is 2. The number of ether oxygens (including phenoxy) is 2. The number of morpholine rings is 1. The molecule has 2 aliphatic heterocycles. The van der Waals surface area contributed by atoms with E-state index in [1.54, 1.807) is 12.0 Å². The molecule has 0 saturated carbocycles. The molecule has 31 heavy (non-hydrogen) atoms. The van der Waals surface area contributed by atoms with E-state index in [1.807, 2.05) is 30.3 Å². The summed E-state index contributed by atoms with van der Waals surface area (Å²) >= 11 is 6.67. The maximum absolute atomic E-state index is 12.7. The lowest BCUT2D eigenvalue weighted by Gasteiger charge is -2.26. The number of thioether (sulfide) groups is 1. The van der Waals surface area contributed by atoms with Crippen molar-refractivity contribution in [2.45, 2.75) is 19.3 Å². The molecule has 7 nitrogen and oxygen atoms in total. The van der Waals surface area contributed by atoms with Gasteiger partial charge in [0.05, 0.1) is 25.2 Å². The van der Waals surface area contributed by atoms with Gasteiger partial charge in [0.25, 0.3) is 5.91 Å². The maximum atomic E-state index is 12.7. The average Bonchev–Trinajstić information content (AvgIpc) is 3.05. The Hall–Kier alpha value is -1.94. The molecule has 0 spiro atoms. The molecule has 0 aromatic heterocycles. The van der Waals surface area contributed by atoms with Gasteiger partial charge >= 0.3 is 0 Å². The van der Waals surface area contributed by atoms with Gasteiger partial charge in [0.2, 0.25) is 5.91 Å². The highest BCUT2D eigenvalue weighted by molar-refractivity contribution is 8.26. The van der Waals surface area contributed by atoms with Gasteiger partial charge in [-0.25, -0.2) is 0 Å². The Morgan fingerprint density at radius 3 is 2.87 bits per heavy atom. The highest BCUT2D eigenvalue weighted by Crippen LogP contribution is 2.33. The van der Waals surface area contributed by atoms with Crippen LogP contribution in [-0.2, 0) is 14.3 Å². The summed E-state index contributed by atoms with van der Waals surface area (Å²) < 4.78 is 11.1. The molecule has 2 saturated heterocycles. The Bertz CT molecular complexity index is 825. The van der Waals surface area contributed by atoms with E-state index in [0.717, 1.165) is 50.6 Å². The summed E-state index contributed by atoms with van der Waals surface area (Å²) in [6, 6.07) is 7.52. The van der Waals surface area contributed by atoms with Gasteiger partial charge in [0, 0.05) is 32.6 Å². The van der Waals surface area contributed by atoms with Crippen LogP contribution in [0.3, 0.4) is 0 Å². The second-order valence-corrected chi connectivity index (χ2v) is 9.05. The van der Waals surface area contributed by atoms with Crippen molar-refractivity contribution in [3.05, 3.63) is 34.7 Å². The first-order valence-corrected chi connectivity index (χ1v) is 11.8. The lowest BCUT2D eigenvalue weighted by molar-refractivity contribution is -0.124. The molecule has 2 amide bonds. The van der Waals surface area contributed by atoms with Gasteiger partial charge in [0.1, 0.15) is 10.1 Å². The van der Waals surface area contributed by atoms with Crippen LogP contribution in [0.1, 0.15) is 24.8 Å². The van der Waals surface area contributed by atoms with Crippen molar-refractivity contribution in [2.75, 3.05) is 53.0 Å². The normalized spacial score (nSPS) is 18.6. The predicted octanol–water partition coefficient (Wildman–Crippen LogP) is 2.52. The highest BCUT2D eigenvalue weighted by Gasteiger charge is 2.31. The molecule has 0 unspecified atom stereocenters. The van der Waals surface area contributed by atoms with E-state index < -0.39 is 0 Å². The van der Waals surface area contributed by atoms with Gasteiger partial charge in [-0.05, 0) is 43.2 Å². The molecule has 2 fully saturated rings. The molecular weight excluding hydrogens is 434 g/mol. The fourth-order valence-corrected chi connectivity index (χ4v) is 4.73. The number of carbonyl (C=O) groups is 2. The molecule has 168 valence electrons. The van der Waals surface area contributed by atoms with Crippen molar-refractivity contribution >= 4 is 46.2 Å². The Kier molecular flexibility index (Phi) is 9.32. The molecule has 1 aromatic carbocycles. The monoisotopic (exact) mass is 463 g/mol. The maximum Gasteiger partial charge on any atom is 0.266 e. The van der Waals surface area contributed by atoms with Crippen molar-refractivity contribution in [3.8, 4) is 5.75 Å². The van der Waals surface area contributed by atoms with E-state index in [0.29, 0.717) is 35.2 Å². The van der Waals surface area contributed by atoms with Crippen LogP contribution in [-0.4, -0.2) is 79.0 Å². The zero-order chi connectivity index (χ0) is 22.1. The van der Waals surface area contributed by atoms with Crippen LogP contribution in [0.4, 0.5) is 0 Å². The van der Waals surface area contributed by atoms with Crippen molar-refractivity contribution in [2.24, 2.45) is 0 Å². The number of nitrogens with zero attached hydrogens (tertiary/aromatic N) is 2. The van der Waals surface area contributed by atoms with Crippen LogP contribution >= 0.6 is 24.0 Å². The first-order valence-electron chi connectivity index (χ1n) is 10.5. The average molecular weight is 464 g/mol. The number of hydrogen-bond donors (Lipinski definition) is 1. The van der Waals surface area contributed by atoms with Crippen molar-refractivity contribution in [1.82, 2.24) is 15.1 Å². The summed E-state index contributed by atoms with van der Waals surface area (Å²) in [6.07, 6.45) is 3.70. The number of nitrogens with one attached hydrogen (secondary N) is 1. The molecule has 1 aromatic rings. The first kappa shape index (κ1) is 23.7. The highest BCUT2D eigenvalue weighted by atomic mass is 32.2. The fourth-order valence-electron chi connectivity index (χ4n) is 3.42. The van der Waals surface area contributed by atoms with Crippen LogP contribution < -0.4 is 10.1 Å². The van der Waals surface area contributed by atoms with Gasteiger partial charge < -0.3 is 14.8 Å². The van der Waals surface area contributed by atoms with Gasteiger partial charge in [-0.2, -0.15) is 0 Å². The van der Waals surface area contributed by atoms with E-state index in [2.05, 4.69) is 10.2 Å². The molecule has 2 aliphatic rings. The van der Waals surface area contributed by atoms with Crippen molar-refractivity contribution in [3.63, 3.8) is 0 Å². The molecule has 0 atom stereocenters. The minimum atomic E-state index is -0.108. The lowest BCUT2D eigenvalue weighted by atomic mass is 10.2. The summed E-state index contributed by atoms with van der Waals surface area (Å²) in [4.78, 5) is 29.3. The fraction of sp³-hybridized carbons (Fsp3) is 0.500. The zero-order valence-corrected chi connectivity index (χ0v) is 19.4. The van der Waals surface area contributed by atoms with E-state index in [-0.39, 0.29) is 11.8 Å². The minimum Gasteiger partial charge on any atom is -0.497 e. The van der Waals surface area contributed by atoms with Crippen LogP contribution in [0, 0.1) is 0 Å². The van der Waals surface area contributed by atoms with E-state index in [9.17, 15) is 9.59 Å². The van der Waals surface area contributed by atoms with Gasteiger partial charge in [-0.1, -0.05) is 36.1 Å². The number of methoxy groups -OCH3 is 1. The quantitative estimate of drug-likeness (QED) is 0.325. The van der Waals surface area contributed by atoms with Gasteiger partial charge in [-0.3, -0.25) is 19.4 Å². The summed E-state index contributed by atoms with van der Waals surface area (Å²) in [5.74, 6) is 0.642. The molecular formula is C22H29N3O4S2. The molecule has 3 rings (SSSR count). The Labute approximate surface area is 193 Å². The Morgan fingerprint density at radius 1 is 1.29 bits per heavy atom. The number of carbonyl (C=O) groups excluding carboxylic acids is 2. The van der Waals surface area contributed by atoms with Crippen molar-refractivity contribution < 1.29 is 19.1 Å². The van der Waals surface area contributed by atoms with Gasteiger partial charge in [-0.15, -0.1) is 0 Å². The van der Waals surface area contributed by atoms with Crippen molar-refractivity contribution in [1.29, 1.82) is 0 Å². The SMILES string of the molecule is COc1cccc(/C=C2\SC(=S)N(CCCC(=O)NCCCN3CCOCC3)C2=O)c1. The topological polar surface area (TPSA) is 71.1 Å². The van der Waals surface area contributed by atoms with E-state index >= 15 is 0 Å². The third kappa shape index (κ3) is 7.31. The lowest BCUT2D eigenvalue weighted by Crippen LogP contribution is -2.38. The summed E-state index contributed by atoms with van der Waals surface area (Å²) in [5.41, 5.74) is 0.885. The molecule has 0 bridgehead atoms. The molecule has 2 heterocycles. The third-order valence-corrected chi connectivity index (χ3v) is 6.51. The van der Waals surface area contributed by atoms with E-state index in [4.69, 9.17) is 21.7 Å². The molecule has 0 aliphatic carbocycles. The number of benzene rings is 1. The Morgan fingerprint density at radius 2 is 2.10 bits per heavy atom. The van der Waals surface area contributed by atoms with Crippen LogP contribution in [0.15, 0.2) is 29.2 Å². The van der Waals surface area contributed by atoms with E-state index in [1.165, 1.54) is 11.8 Å². The summed E-state index contributed by atoms with van der Waals surface area (Å²) in [5, 5.41) is 2.96. The molecule has 1 N–H and O–H groups in total. The smallest absolute Gasteiger partial charge is 0.266 e. The second-order valence-electron chi connectivity index (χ2n) is 7.37. The first-order chi connectivity index (χ1) is 15.1. The standard InChI is InChI=1S/C22H29N3O4S2/c1-28-18-6-2-5-17(15-18)16-19-21(27)25(22(30)31-19)10-3-7-20(26)23-8-4-9-24-11-13-29-14-12-24/h2,5-6,15-16H,3-4,7-14H2,1H3,(H,23,26)/b19-16-. The number of thiocarbonyl (C=S) groups is 1. The molecule has 9 heteroatoms.